The van der Waals surface area contributed by atoms with E-state index in [0.717, 1.165) is 0 Å². The fourth-order valence-corrected chi connectivity index (χ4v) is 2.76. The predicted octanol–water partition coefficient (Wildman–Crippen LogP) is 3.89. The molecule has 8 heteroatoms. The summed E-state index contributed by atoms with van der Waals surface area (Å²) >= 11 is 6.03. The lowest BCUT2D eigenvalue weighted by Crippen LogP contribution is -2.15. The van der Waals surface area contributed by atoms with Crippen molar-refractivity contribution in [3.05, 3.63) is 58.7 Å². The van der Waals surface area contributed by atoms with Crippen molar-refractivity contribution in [2.45, 2.75) is 19.8 Å². The minimum absolute atomic E-state index is 0.0388. The number of aromatic nitrogens is 3. The molecule has 1 aromatic heterocycles. The van der Waals surface area contributed by atoms with Gasteiger partial charge in [-0.3, -0.25) is 4.79 Å². The van der Waals surface area contributed by atoms with Gasteiger partial charge in [-0.15, -0.1) is 5.10 Å². The van der Waals surface area contributed by atoms with Crippen molar-refractivity contribution in [3.63, 3.8) is 0 Å². The van der Waals surface area contributed by atoms with E-state index in [1.165, 1.54) is 17.4 Å². The van der Waals surface area contributed by atoms with Crippen LogP contribution in [0, 0.1) is 0 Å². The molecule has 0 spiro atoms. The Balaban J connectivity index is 1.83. The van der Waals surface area contributed by atoms with Gasteiger partial charge in [0.25, 0.3) is 5.91 Å². The van der Waals surface area contributed by atoms with Gasteiger partial charge in [-0.2, -0.15) is 4.68 Å². The minimum atomic E-state index is -0.433. The maximum absolute atomic E-state index is 12.5. The van der Waals surface area contributed by atoms with Gasteiger partial charge in [0.05, 0.1) is 17.8 Å². The van der Waals surface area contributed by atoms with E-state index in [4.69, 9.17) is 22.1 Å². The number of nitrogen functional groups attached to an aromatic ring is 1. The number of nitrogens with zero attached hydrogens (tertiary/aromatic N) is 3. The molecule has 1 heterocycles. The molecule has 0 aliphatic carbocycles. The van der Waals surface area contributed by atoms with Crippen LogP contribution >= 0.6 is 11.6 Å². The summed E-state index contributed by atoms with van der Waals surface area (Å²) in [4.78, 5) is 12.5. The van der Waals surface area contributed by atoms with E-state index in [1.54, 1.807) is 18.2 Å². The van der Waals surface area contributed by atoms with Gasteiger partial charge in [0.2, 0.25) is 0 Å². The highest BCUT2D eigenvalue weighted by Crippen LogP contribution is 2.28. The Bertz CT molecular complexity index is 967. The van der Waals surface area contributed by atoms with Gasteiger partial charge in [0, 0.05) is 11.8 Å². The summed E-state index contributed by atoms with van der Waals surface area (Å²) in [5, 5.41) is 11.1. The molecule has 0 bridgehead atoms. The molecule has 0 aliphatic heterocycles. The third-order valence-electron chi connectivity index (χ3n) is 4.13. The van der Waals surface area contributed by atoms with Crippen molar-refractivity contribution in [2.24, 2.45) is 0 Å². The average Bonchev–Trinajstić information content (AvgIpc) is 3.04. The van der Waals surface area contributed by atoms with Crippen LogP contribution in [0.4, 0.5) is 11.5 Å². The van der Waals surface area contributed by atoms with E-state index in [-0.39, 0.29) is 11.5 Å². The fraction of sp³-hybridized carbons (Fsp3) is 0.211. The Morgan fingerprint density at radius 3 is 2.56 bits per heavy atom. The number of anilines is 2. The summed E-state index contributed by atoms with van der Waals surface area (Å²) in [5.74, 6) is 0.578. The summed E-state index contributed by atoms with van der Waals surface area (Å²) in [6, 6.07) is 12.7. The molecule has 3 rings (SSSR count). The highest BCUT2D eigenvalue weighted by atomic mass is 35.5. The Morgan fingerprint density at radius 2 is 1.93 bits per heavy atom. The number of hydrogen-bond acceptors (Lipinski definition) is 5. The lowest BCUT2D eigenvalue weighted by Gasteiger charge is -2.08. The quantitative estimate of drug-likeness (QED) is 0.694. The molecule has 140 valence electrons. The largest absolute Gasteiger partial charge is 0.495 e. The molecule has 3 N–H and O–H groups in total. The predicted molar refractivity (Wildman–Crippen MR) is 106 cm³/mol. The number of rotatable bonds is 5. The van der Waals surface area contributed by atoms with Gasteiger partial charge in [-0.25, -0.2) is 0 Å². The number of methoxy groups -OCH3 is 1. The van der Waals surface area contributed by atoms with Crippen LogP contribution in [0.3, 0.4) is 0 Å². The van der Waals surface area contributed by atoms with E-state index in [2.05, 4.69) is 29.5 Å². The van der Waals surface area contributed by atoms with Gasteiger partial charge in [0.1, 0.15) is 5.75 Å². The topological polar surface area (TPSA) is 95.1 Å². The molecule has 27 heavy (non-hydrogen) atoms. The van der Waals surface area contributed by atoms with Gasteiger partial charge in [0.15, 0.2) is 11.5 Å². The van der Waals surface area contributed by atoms with Gasteiger partial charge in [-0.1, -0.05) is 42.8 Å². The molecular weight excluding hydrogens is 366 g/mol. The molecule has 0 atom stereocenters. The molecule has 0 unspecified atom stereocenters. The molecule has 2 aromatic carbocycles. The van der Waals surface area contributed by atoms with E-state index in [9.17, 15) is 4.79 Å². The summed E-state index contributed by atoms with van der Waals surface area (Å²) in [7, 11) is 1.51. The smallest absolute Gasteiger partial charge is 0.280 e. The van der Waals surface area contributed by atoms with Crippen LogP contribution < -0.4 is 15.8 Å². The Kier molecular flexibility index (Phi) is 5.32. The van der Waals surface area contributed by atoms with Gasteiger partial charge < -0.3 is 15.8 Å². The standard InChI is InChI=1S/C19H20ClN5O2/c1-11(2)12-4-6-13(7-5-12)22-19(26)17-18(21)25(24-23-17)14-8-9-15(20)16(10-14)27-3/h4-11H,21H2,1-3H3,(H,22,26). The number of halogens is 1. The fourth-order valence-electron chi connectivity index (χ4n) is 2.56. The second kappa shape index (κ2) is 7.67. The summed E-state index contributed by atoms with van der Waals surface area (Å²) in [6.07, 6.45) is 0. The highest BCUT2D eigenvalue weighted by molar-refractivity contribution is 6.32. The number of amides is 1. The van der Waals surface area contributed by atoms with Crippen LogP contribution in [0.15, 0.2) is 42.5 Å². The minimum Gasteiger partial charge on any atom is -0.495 e. The number of benzene rings is 2. The van der Waals surface area contributed by atoms with E-state index in [1.807, 2.05) is 24.3 Å². The number of hydrogen-bond donors (Lipinski definition) is 2. The SMILES string of the molecule is COc1cc(-n2nnc(C(=O)Nc3ccc(C(C)C)cc3)c2N)ccc1Cl. The van der Waals surface area contributed by atoms with Crippen molar-refractivity contribution in [2.75, 3.05) is 18.2 Å². The van der Waals surface area contributed by atoms with Crippen molar-refractivity contribution in [3.8, 4) is 11.4 Å². The number of carbonyl (C=O) groups excluding carboxylic acids is 1. The average molecular weight is 386 g/mol. The first kappa shape index (κ1) is 18.7. The molecule has 0 fully saturated rings. The Morgan fingerprint density at radius 1 is 1.22 bits per heavy atom. The van der Waals surface area contributed by atoms with E-state index < -0.39 is 5.91 Å². The number of carbonyl (C=O) groups is 1. The van der Waals surface area contributed by atoms with Crippen molar-refractivity contribution in [1.82, 2.24) is 15.0 Å². The van der Waals surface area contributed by atoms with Crippen LogP contribution in [-0.4, -0.2) is 28.0 Å². The molecule has 7 nitrogen and oxygen atoms in total. The maximum atomic E-state index is 12.5. The summed E-state index contributed by atoms with van der Waals surface area (Å²) in [5.41, 5.74) is 8.56. The molecule has 3 aromatic rings. The molecule has 0 radical (unpaired) electrons. The van der Waals surface area contributed by atoms with Crippen LogP contribution in [0.2, 0.25) is 5.02 Å². The Hall–Kier alpha value is -3.06. The molecule has 0 saturated carbocycles. The zero-order valence-corrected chi connectivity index (χ0v) is 16.0. The zero-order chi connectivity index (χ0) is 19.6. The lowest BCUT2D eigenvalue weighted by atomic mass is 10.0. The molecule has 0 aliphatic rings. The van der Waals surface area contributed by atoms with Crippen LogP contribution in [0.1, 0.15) is 35.8 Å². The second-order valence-corrected chi connectivity index (χ2v) is 6.69. The van der Waals surface area contributed by atoms with Crippen molar-refractivity contribution in [1.29, 1.82) is 0 Å². The van der Waals surface area contributed by atoms with Crippen LogP contribution in [-0.2, 0) is 0 Å². The monoisotopic (exact) mass is 385 g/mol. The van der Waals surface area contributed by atoms with E-state index in [0.29, 0.717) is 28.1 Å². The first-order valence-electron chi connectivity index (χ1n) is 8.37. The first-order valence-corrected chi connectivity index (χ1v) is 8.75. The second-order valence-electron chi connectivity index (χ2n) is 6.28. The maximum Gasteiger partial charge on any atom is 0.280 e. The third-order valence-corrected chi connectivity index (χ3v) is 4.45. The zero-order valence-electron chi connectivity index (χ0n) is 15.2. The van der Waals surface area contributed by atoms with Crippen LogP contribution in [0.5, 0.6) is 5.75 Å². The molecule has 1 amide bonds. The van der Waals surface area contributed by atoms with Crippen molar-refractivity contribution < 1.29 is 9.53 Å². The van der Waals surface area contributed by atoms with Crippen molar-refractivity contribution >= 4 is 29.0 Å². The van der Waals surface area contributed by atoms with E-state index >= 15 is 0 Å². The highest BCUT2D eigenvalue weighted by Gasteiger charge is 2.19. The summed E-state index contributed by atoms with van der Waals surface area (Å²) in [6.45, 7) is 4.22. The van der Waals surface area contributed by atoms with Gasteiger partial charge in [-0.05, 0) is 35.7 Å². The number of nitrogens with two attached hydrogens (primary N) is 1. The van der Waals surface area contributed by atoms with Gasteiger partial charge >= 0.3 is 0 Å². The molecule has 0 saturated heterocycles. The normalized spacial score (nSPS) is 10.9. The number of nitrogens with one attached hydrogen (secondary N) is 1. The first-order chi connectivity index (χ1) is 12.9. The lowest BCUT2D eigenvalue weighted by molar-refractivity contribution is 0.102. The van der Waals surface area contributed by atoms with Crippen LogP contribution in [0.25, 0.3) is 5.69 Å². The summed E-state index contributed by atoms with van der Waals surface area (Å²) < 4.78 is 6.55. The number of ether oxygens (including phenoxy) is 1. The molecular formula is C19H20ClN5O2. The Labute approximate surface area is 162 Å². The third kappa shape index (κ3) is 3.88.